The molecule has 27 heavy (non-hydrogen) atoms. The molecule has 2 aromatic rings. The lowest BCUT2D eigenvalue weighted by molar-refractivity contribution is 0.589. The van der Waals surface area contributed by atoms with Gasteiger partial charge in [0.05, 0.1) is 0 Å². The highest BCUT2D eigenvalue weighted by atomic mass is 14.2. The Labute approximate surface area is 168 Å². The molecule has 0 saturated carbocycles. The molecule has 0 aliphatic rings. The van der Waals surface area contributed by atoms with Gasteiger partial charge in [-0.1, -0.05) is 116 Å². The Hall–Kier alpha value is -1.56. The predicted molar refractivity (Wildman–Crippen MR) is 122 cm³/mol. The van der Waals surface area contributed by atoms with Gasteiger partial charge < -0.3 is 0 Å². The summed E-state index contributed by atoms with van der Waals surface area (Å²) in [6.45, 7) is 11.6. The molecule has 0 aliphatic heterocycles. The summed E-state index contributed by atoms with van der Waals surface area (Å²) in [5.74, 6) is 1.11. The zero-order valence-electron chi connectivity index (χ0n) is 18.4. The number of hydrogen-bond acceptors (Lipinski definition) is 0. The Kier molecular flexibility index (Phi) is 9.11. The van der Waals surface area contributed by atoms with E-state index in [1.807, 2.05) is 0 Å². The van der Waals surface area contributed by atoms with E-state index in [4.69, 9.17) is 0 Å². The van der Waals surface area contributed by atoms with Crippen LogP contribution in [0.15, 0.2) is 42.5 Å². The van der Waals surface area contributed by atoms with Gasteiger partial charge in [-0.25, -0.2) is 0 Å². The topological polar surface area (TPSA) is 0 Å². The molecule has 0 saturated heterocycles. The minimum absolute atomic E-state index is 0.547. The van der Waals surface area contributed by atoms with E-state index in [1.54, 1.807) is 5.56 Å². The summed E-state index contributed by atoms with van der Waals surface area (Å²) in [5.41, 5.74) is 7.48. The molecule has 0 fully saturated rings. The largest absolute Gasteiger partial charge is 0.0654 e. The molecule has 0 amide bonds. The van der Waals surface area contributed by atoms with Gasteiger partial charge in [0.2, 0.25) is 0 Å². The number of unbranched alkanes of at least 4 members (excludes halogenated alkanes) is 6. The Morgan fingerprint density at radius 2 is 1.26 bits per heavy atom. The minimum atomic E-state index is 0.547. The molecule has 0 aromatic heterocycles. The average molecular weight is 365 g/mol. The Balaban J connectivity index is 2.17. The van der Waals surface area contributed by atoms with E-state index in [2.05, 4.69) is 77.1 Å². The second kappa shape index (κ2) is 11.3. The van der Waals surface area contributed by atoms with Gasteiger partial charge >= 0.3 is 0 Å². The van der Waals surface area contributed by atoms with Crippen LogP contribution in [0.3, 0.4) is 0 Å². The van der Waals surface area contributed by atoms with Crippen molar-refractivity contribution in [1.29, 1.82) is 0 Å². The summed E-state index contributed by atoms with van der Waals surface area (Å²) in [4.78, 5) is 0. The third-order valence-corrected chi connectivity index (χ3v) is 5.70. The van der Waals surface area contributed by atoms with Crippen LogP contribution in [0.1, 0.15) is 108 Å². The van der Waals surface area contributed by atoms with E-state index >= 15 is 0 Å². The molecular weight excluding hydrogens is 324 g/mol. The number of aryl methyl sites for hydroxylation is 1. The molecule has 0 nitrogen and oxygen atoms in total. The fourth-order valence-corrected chi connectivity index (χ4v) is 4.24. The maximum Gasteiger partial charge on any atom is -0.0144 e. The molecule has 0 radical (unpaired) electrons. The molecule has 0 aliphatic carbocycles. The third kappa shape index (κ3) is 6.23. The lowest BCUT2D eigenvalue weighted by Gasteiger charge is -2.22. The highest BCUT2D eigenvalue weighted by Gasteiger charge is 2.17. The van der Waals surface area contributed by atoms with E-state index in [1.165, 1.54) is 73.6 Å². The quantitative estimate of drug-likeness (QED) is 0.349. The zero-order valence-corrected chi connectivity index (χ0v) is 18.4. The van der Waals surface area contributed by atoms with Crippen LogP contribution in [0, 0.1) is 0 Å². The summed E-state index contributed by atoms with van der Waals surface area (Å²) >= 11 is 0. The van der Waals surface area contributed by atoms with Crippen LogP contribution in [0.4, 0.5) is 0 Å². The van der Waals surface area contributed by atoms with Crippen LogP contribution < -0.4 is 0 Å². The van der Waals surface area contributed by atoms with Crippen molar-refractivity contribution in [1.82, 2.24) is 0 Å². The van der Waals surface area contributed by atoms with Gasteiger partial charge in [0.15, 0.2) is 0 Å². The van der Waals surface area contributed by atoms with E-state index in [0.29, 0.717) is 11.8 Å². The average Bonchev–Trinajstić information content (AvgIpc) is 2.67. The summed E-state index contributed by atoms with van der Waals surface area (Å²) < 4.78 is 0. The Morgan fingerprint density at radius 1 is 0.630 bits per heavy atom. The summed E-state index contributed by atoms with van der Waals surface area (Å²) in [5, 5.41) is 0. The van der Waals surface area contributed by atoms with Gasteiger partial charge in [-0.05, 0) is 52.5 Å². The molecular formula is C27H40. The van der Waals surface area contributed by atoms with Crippen molar-refractivity contribution in [3.63, 3.8) is 0 Å². The first-order valence-electron chi connectivity index (χ1n) is 11.3. The first-order valence-corrected chi connectivity index (χ1v) is 11.3. The molecule has 0 atom stereocenters. The maximum absolute atomic E-state index is 2.35. The van der Waals surface area contributed by atoms with Crippen LogP contribution in [-0.2, 0) is 6.42 Å². The van der Waals surface area contributed by atoms with Gasteiger partial charge in [-0.3, -0.25) is 0 Å². The van der Waals surface area contributed by atoms with E-state index in [-0.39, 0.29) is 0 Å². The summed E-state index contributed by atoms with van der Waals surface area (Å²) in [6, 6.07) is 16.0. The standard InChI is InChI=1S/C27H40/c1-6-7-8-9-10-11-12-16-23-17-13-14-18-25(23)26-20-15-19-24(21(2)3)27(26)22(4)5/h13-15,17-22H,6-12,16H2,1-5H3. The monoisotopic (exact) mass is 364 g/mol. The van der Waals surface area contributed by atoms with Crippen molar-refractivity contribution in [3.8, 4) is 11.1 Å². The lowest BCUT2D eigenvalue weighted by atomic mass is 9.83. The molecule has 0 unspecified atom stereocenters. The molecule has 0 bridgehead atoms. The van der Waals surface area contributed by atoms with Crippen LogP contribution in [0.2, 0.25) is 0 Å². The van der Waals surface area contributed by atoms with Crippen LogP contribution in [-0.4, -0.2) is 0 Å². The molecule has 2 aromatic carbocycles. The molecule has 0 heterocycles. The van der Waals surface area contributed by atoms with E-state index < -0.39 is 0 Å². The predicted octanol–water partition coefficient (Wildman–Crippen LogP) is 8.89. The number of rotatable bonds is 11. The molecule has 0 heteroatoms. The summed E-state index contributed by atoms with van der Waals surface area (Å²) in [7, 11) is 0. The highest BCUT2D eigenvalue weighted by Crippen LogP contribution is 2.37. The van der Waals surface area contributed by atoms with Crippen molar-refractivity contribution in [2.45, 2.75) is 97.8 Å². The van der Waals surface area contributed by atoms with Gasteiger partial charge in [-0.2, -0.15) is 0 Å². The van der Waals surface area contributed by atoms with Gasteiger partial charge in [0, 0.05) is 0 Å². The second-order valence-electron chi connectivity index (χ2n) is 8.65. The Bertz CT molecular complexity index is 678. The molecule has 0 N–H and O–H groups in total. The SMILES string of the molecule is CCCCCCCCCc1ccccc1-c1cccc(C(C)C)c1C(C)C. The van der Waals surface area contributed by atoms with Gasteiger partial charge in [-0.15, -0.1) is 0 Å². The van der Waals surface area contributed by atoms with Gasteiger partial charge in [0.1, 0.15) is 0 Å². The molecule has 0 spiro atoms. The minimum Gasteiger partial charge on any atom is -0.0654 e. The van der Waals surface area contributed by atoms with E-state index in [0.717, 1.165) is 0 Å². The third-order valence-electron chi connectivity index (χ3n) is 5.70. The fraction of sp³-hybridized carbons (Fsp3) is 0.556. The number of hydrogen-bond donors (Lipinski definition) is 0. The van der Waals surface area contributed by atoms with Gasteiger partial charge in [0.25, 0.3) is 0 Å². The van der Waals surface area contributed by atoms with Crippen molar-refractivity contribution in [3.05, 3.63) is 59.2 Å². The molecule has 2 rings (SSSR count). The van der Waals surface area contributed by atoms with Crippen molar-refractivity contribution < 1.29 is 0 Å². The highest BCUT2D eigenvalue weighted by molar-refractivity contribution is 5.73. The summed E-state index contributed by atoms with van der Waals surface area (Å²) in [6.07, 6.45) is 10.8. The maximum atomic E-state index is 2.35. The van der Waals surface area contributed by atoms with Crippen LogP contribution >= 0.6 is 0 Å². The van der Waals surface area contributed by atoms with Crippen molar-refractivity contribution in [2.75, 3.05) is 0 Å². The van der Waals surface area contributed by atoms with Crippen LogP contribution in [0.5, 0.6) is 0 Å². The lowest BCUT2D eigenvalue weighted by Crippen LogP contribution is -2.02. The van der Waals surface area contributed by atoms with Crippen molar-refractivity contribution in [2.24, 2.45) is 0 Å². The molecule has 148 valence electrons. The Morgan fingerprint density at radius 3 is 1.93 bits per heavy atom. The first kappa shape index (κ1) is 21.7. The van der Waals surface area contributed by atoms with E-state index in [9.17, 15) is 0 Å². The second-order valence-corrected chi connectivity index (χ2v) is 8.65. The zero-order chi connectivity index (χ0) is 19.6. The van der Waals surface area contributed by atoms with Crippen molar-refractivity contribution >= 4 is 0 Å². The normalized spacial score (nSPS) is 11.5. The smallest absolute Gasteiger partial charge is 0.0144 e. The fourth-order valence-electron chi connectivity index (χ4n) is 4.24. The number of benzene rings is 2. The first-order chi connectivity index (χ1) is 13.1. The van der Waals surface area contributed by atoms with Crippen LogP contribution in [0.25, 0.3) is 11.1 Å².